The fourth-order valence-electron chi connectivity index (χ4n) is 3.78. The summed E-state index contributed by atoms with van der Waals surface area (Å²) in [6.07, 6.45) is 1.25. The van der Waals surface area contributed by atoms with Gasteiger partial charge in [-0.15, -0.1) is 12.4 Å². The molecule has 110 valence electrons. The maximum Gasteiger partial charge on any atom is 0.0614 e. The van der Waals surface area contributed by atoms with Crippen LogP contribution in [0, 0.1) is 0 Å². The molecule has 1 N–H and O–H groups in total. The minimum atomic E-state index is 0. The zero-order valence-corrected chi connectivity index (χ0v) is 13.1. The van der Waals surface area contributed by atoms with E-state index in [9.17, 15) is 0 Å². The van der Waals surface area contributed by atoms with Crippen LogP contribution in [-0.2, 0) is 0 Å². The summed E-state index contributed by atoms with van der Waals surface area (Å²) in [4.78, 5) is 2.63. The lowest BCUT2D eigenvalue weighted by atomic mass is 10.0. The molecule has 2 aliphatic rings. The van der Waals surface area contributed by atoms with Crippen LogP contribution < -0.4 is 5.32 Å². The molecule has 2 aromatic carbocycles. The quantitative estimate of drug-likeness (QED) is 0.913. The van der Waals surface area contributed by atoms with Crippen molar-refractivity contribution in [3.05, 3.63) is 59.7 Å². The van der Waals surface area contributed by atoms with Crippen molar-refractivity contribution in [1.82, 2.24) is 10.2 Å². The summed E-state index contributed by atoms with van der Waals surface area (Å²) in [7, 11) is 2.07. The number of rotatable bonds is 2. The Balaban J connectivity index is 0.00000132. The molecule has 1 aliphatic carbocycles. The van der Waals surface area contributed by atoms with E-state index in [1.54, 1.807) is 0 Å². The maximum absolute atomic E-state index is 3.42. The van der Waals surface area contributed by atoms with Crippen LogP contribution in [0.2, 0.25) is 0 Å². The van der Waals surface area contributed by atoms with E-state index >= 15 is 0 Å². The molecule has 1 aliphatic heterocycles. The molecule has 3 heteroatoms. The smallest absolute Gasteiger partial charge is 0.0614 e. The van der Waals surface area contributed by atoms with Crippen LogP contribution >= 0.6 is 12.4 Å². The van der Waals surface area contributed by atoms with Gasteiger partial charge < -0.3 is 5.32 Å². The van der Waals surface area contributed by atoms with E-state index in [0.717, 1.165) is 6.54 Å². The third-order valence-corrected chi connectivity index (χ3v) is 4.79. The predicted octanol–water partition coefficient (Wildman–Crippen LogP) is 3.47. The number of benzene rings is 2. The monoisotopic (exact) mass is 300 g/mol. The minimum Gasteiger partial charge on any atom is -0.316 e. The van der Waals surface area contributed by atoms with E-state index in [0.29, 0.717) is 12.1 Å². The van der Waals surface area contributed by atoms with Crippen LogP contribution in [0.15, 0.2) is 48.5 Å². The van der Waals surface area contributed by atoms with Gasteiger partial charge in [-0.1, -0.05) is 48.5 Å². The number of hydrogen-bond acceptors (Lipinski definition) is 2. The number of fused-ring (bicyclic) bond motifs is 3. The van der Waals surface area contributed by atoms with Crippen molar-refractivity contribution in [2.45, 2.75) is 18.5 Å². The second-order valence-electron chi connectivity index (χ2n) is 5.85. The van der Waals surface area contributed by atoms with Crippen LogP contribution in [0.3, 0.4) is 0 Å². The van der Waals surface area contributed by atoms with Gasteiger partial charge in [-0.05, 0) is 35.7 Å². The molecule has 0 spiro atoms. The van der Waals surface area contributed by atoms with Crippen molar-refractivity contribution >= 4 is 12.4 Å². The van der Waals surface area contributed by atoms with Gasteiger partial charge in [0.25, 0.3) is 0 Å². The van der Waals surface area contributed by atoms with Crippen LogP contribution in [0.25, 0.3) is 11.1 Å². The molecule has 1 unspecified atom stereocenters. The highest BCUT2D eigenvalue weighted by atomic mass is 35.5. The summed E-state index contributed by atoms with van der Waals surface area (Å²) < 4.78 is 0. The molecule has 0 radical (unpaired) electrons. The van der Waals surface area contributed by atoms with Gasteiger partial charge >= 0.3 is 0 Å². The van der Waals surface area contributed by atoms with Crippen LogP contribution in [0.5, 0.6) is 0 Å². The highest BCUT2D eigenvalue weighted by molar-refractivity contribution is 5.85. The second kappa shape index (κ2) is 5.80. The number of likely N-dealkylation sites (N-methyl/N-ethyl adjacent to an activating group) is 1. The van der Waals surface area contributed by atoms with Crippen molar-refractivity contribution in [1.29, 1.82) is 0 Å². The van der Waals surface area contributed by atoms with Crippen molar-refractivity contribution in [3.63, 3.8) is 0 Å². The van der Waals surface area contributed by atoms with Gasteiger partial charge in [0.2, 0.25) is 0 Å². The molecule has 0 amide bonds. The van der Waals surface area contributed by atoms with Crippen LogP contribution in [0.1, 0.15) is 23.6 Å². The zero-order chi connectivity index (χ0) is 13.5. The van der Waals surface area contributed by atoms with Crippen LogP contribution in [0.4, 0.5) is 0 Å². The zero-order valence-electron chi connectivity index (χ0n) is 12.3. The number of nitrogens with one attached hydrogen (secondary N) is 1. The summed E-state index contributed by atoms with van der Waals surface area (Å²) in [5, 5.41) is 3.42. The largest absolute Gasteiger partial charge is 0.316 e. The summed E-state index contributed by atoms with van der Waals surface area (Å²) >= 11 is 0. The molecule has 4 rings (SSSR count). The molecular weight excluding hydrogens is 280 g/mol. The Hall–Kier alpha value is -1.35. The molecule has 0 saturated carbocycles. The van der Waals surface area contributed by atoms with E-state index < -0.39 is 0 Å². The maximum atomic E-state index is 3.42. The van der Waals surface area contributed by atoms with Crippen LogP contribution in [-0.4, -0.2) is 31.1 Å². The Bertz CT molecular complexity index is 595. The first-order valence-corrected chi connectivity index (χ1v) is 7.48. The fourth-order valence-corrected chi connectivity index (χ4v) is 3.78. The van der Waals surface area contributed by atoms with Crippen molar-refractivity contribution in [2.75, 3.05) is 20.1 Å². The predicted molar refractivity (Wildman–Crippen MR) is 90.0 cm³/mol. The first-order valence-electron chi connectivity index (χ1n) is 7.48. The lowest BCUT2D eigenvalue weighted by Crippen LogP contribution is -2.31. The first-order chi connectivity index (χ1) is 9.88. The highest BCUT2D eigenvalue weighted by Crippen LogP contribution is 2.46. The van der Waals surface area contributed by atoms with Gasteiger partial charge in [0.1, 0.15) is 0 Å². The molecule has 1 fully saturated rings. The lowest BCUT2D eigenvalue weighted by molar-refractivity contribution is 0.278. The van der Waals surface area contributed by atoms with E-state index in [-0.39, 0.29) is 12.4 Å². The second-order valence-corrected chi connectivity index (χ2v) is 5.85. The van der Waals surface area contributed by atoms with E-state index in [1.165, 1.54) is 35.2 Å². The molecule has 1 heterocycles. The number of hydrogen-bond donors (Lipinski definition) is 1. The molecule has 2 nitrogen and oxygen atoms in total. The molecule has 0 bridgehead atoms. The summed E-state index contributed by atoms with van der Waals surface area (Å²) in [5.74, 6) is 0. The average Bonchev–Trinajstić information content (AvgIpc) is 3.09. The standard InChI is InChI=1S/C18H20N2.ClH/c1-19-13-10-11-20(12-13)18-16-8-4-2-6-14(16)15-7-3-5-9-17(15)18;/h2-9,13,18-19H,10-12H2,1H3;1H. The average molecular weight is 301 g/mol. The first kappa shape index (κ1) is 14.6. The number of nitrogens with zero attached hydrogens (tertiary/aromatic N) is 1. The lowest BCUT2D eigenvalue weighted by Gasteiger charge is -2.26. The highest BCUT2D eigenvalue weighted by Gasteiger charge is 2.35. The van der Waals surface area contributed by atoms with Gasteiger partial charge in [0, 0.05) is 19.1 Å². The van der Waals surface area contributed by atoms with Gasteiger partial charge in [-0.2, -0.15) is 0 Å². The fraction of sp³-hybridized carbons (Fsp3) is 0.333. The Kier molecular flexibility index (Phi) is 4.03. The third kappa shape index (κ3) is 2.28. The molecule has 1 atom stereocenters. The summed E-state index contributed by atoms with van der Waals surface area (Å²) in [6, 6.07) is 18.8. The Morgan fingerprint density at radius 1 is 0.952 bits per heavy atom. The van der Waals surface area contributed by atoms with E-state index in [4.69, 9.17) is 0 Å². The SMILES string of the molecule is CNC1CCN(C2c3ccccc3-c3ccccc32)C1.Cl. The molecule has 2 aromatic rings. The van der Waals surface area contributed by atoms with Gasteiger partial charge in [-0.25, -0.2) is 0 Å². The molecule has 0 aromatic heterocycles. The number of halogens is 1. The normalized spacial score (nSPS) is 20.9. The topological polar surface area (TPSA) is 15.3 Å². The van der Waals surface area contributed by atoms with Gasteiger partial charge in [0.05, 0.1) is 6.04 Å². The van der Waals surface area contributed by atoms with E-state index in [2.05, 4.69) is 65.8 Å². The molecule has 21 heavy (non-hydrogen) atoms. The minimum absolute atomic E-state index is 0. The third-order valence-electron chi connectivity index (χ3n) is 4.79. The Morgan fingerprint density at radius 3 is 2.05 bits per heavy atom. The van der Waals surface area contributed by atoms with E-state index in [1.807, 2.05) is 0 Å². The van der Waals surface area contributed by atoms with Crippen molar-refractivity contribution in [3.8, 4) is 11.1 Å². The summed E-state index contributed by atoms with van der Waals surface area (Å²) in [5.41, 5.74) is 5.79. The van der Waals surface area contributed by atoms with Crippen molar-refractivity contribution < 1.29 is 0 Å². The van der Waals surface area contributed by atoms with Gasteiger partial charge in [-0.3, -0.25) is 4.90 Å². The van der Waals surface area contributed by atoms with Crippen molar-refractivity contribution in [2.24, 2.45) is 0 Å². The number of likely N-dealkylation sites (tertiary alicyclic amines) is 1. The summed E-state index contributed by atoms with van der Waals surface area (Å²) in [6.45, 7) is 2.32. The molecule has 1 saturated heterocycles. The Morgan fingerprint density at radius 2 is 1.52 bits per heavy atom. The molecular formula is C18H21ClN2. The Labute approximate surface area is 132 Å². The van der Waals surface area contributed by atoms with Gasteiger partial charge in [0.15, 0.2) is 0 Å².